The second-order valence-corrected chi connectivity index (χ2v) is 6.90. The van der Waals surface area contributed by atoms with E-state index in [0.29, 0.717) is 6.42 Å². The normalized spacial score (nSPS) is 12.2. The van der Waals surface area contributed by atoms with Crippen molar-refractivity contribution in [3.05, 3.63) is 29.8 Å². The number of rotatable bonds is 15. The van der Waals surface area contributed by atoms with Crippen molar-refractivity contribution in [3.8, 4) is 5.75 Å². The topological polar surface area (TPSA) is 69.6 Å². The summed E-state index contributed by atoms with van der Waals surface area (Å²) in [5.41, 5.74) is 0.917. The fourth-order valence-electron chi connectivity index (χ4n) is 3.00. The molecular weight excluding hydrogens is 314 g/mol. The minimum atomic E-state index is -0.819. The van der Waals surface area contributed by atoms with Crippen LogP contribution in [0.3, 0.4) is 0 Å². The highest BCUT2D eigenvalue weighted by Gasteiger charge is 2.16. The van der Waals surface area contributed by atoms with Crippen LogP contribution in [-0.4, -0.2) is 28.8 Å². The number of aliphatic carboxylic acids is 1. The Morgan fingerprint density at radius 2 is 1.44 bits per heavy atom. The molecule has 4 nitrogen and oxygen atoms in total. The molecule has 1 atom stereocenters. The molecule has 0 amide bonds. The lowest BCUT2D eigenvalue weighted by Gasteiger charge is -2.14. The number of carbonyl (C=O) groups is 1. The smallest absolute Gasteiger partial charge is 0.321 e. The summed E-state index contributed by atoms with van der Waals surface area (Å²) in [7, 11) is 0. The first-order valence-corrected chi connectivity index (χ1v) is 9.87. The Balaban J connectivity index is 2.07. The molecule has 4 heteroatoms. The molecule has 0 aromatic heterocycles. The third kappa shape index (κ3) is 10.8. The zero-order valence-corrected chi connectivity index (χ0v) is 15.7. The minimum Gasteiger partial charge on any atom is -0.508 e. The molecule has 0 aliphatic carbocycles. The second-order valence-electron chi connectivity index (χ2n) is 6.90. The Morgan fingerprint density at radius 3 is 1.96 bits per heavy atom. The molecule has 0 bridgehead atoms. The third-order valence-electron chi connectivity index (χ3n) is 4.60. The molecule has 0 spiro atoms. The largest absolute Gasteiger partial charge is 0.508 e. The summed E-state index contributed by atoms with van der Waals surface area (Å²) in [6.45, 7) is 2.99. The van der Waals surface area contributed by atoms with Crippen molar-refractivity contribution in [1.82, 2.24) is 5.32 Å². The molecule has 0 saturated heterocycles. The Bertz CT molecular complexity index is 459. The summed E-state index contributed by atoms with van der Waals surface area (Å²) in [5, 5.41) is 21.8. The number of benzene rings is 1. The van der Waals surface area contributed by atoms with Gasteiger partial charge in [0.1, 0.15) is 11.8 Å². The van der Waals surface area contributed by atoms with E-state index >= 15 is 0 Å². The monoisotopic (exact) mass is 349 g/mol. The van der Waals surface area contributed by atoms with Gasteiger partial charge in [0, 0.05) is 0 Å². The van der Waals surface area contributed by atoms with Crippen molar-refractivity contribution in [2.24, 2.45) is 0 Å². The van der Waals surface area contributed by atoms with Gasteiger partial charge in [-0.3, -0.25) is 4.79 Å². The lowest BCUT2D eigenvalue weighted by molar-refractivity contribution is -0.139. The predicted molar refractivity (Wildman–Crippen MR) is 103 cm³/mol. The quantitative estimate of drug-likeness (QED) is 0.394. The molecule has 3 N–H and O–H groups in total. The van der Waals surface area contributed by atoms with E-state index in [2.05, 4.69) is 12.2 Å². The summed E-state index contributed by atoms with van der Waals surface area (Å²) in [6.07, 6.45) is 13.2. The molecule has 0 radical (unpaired) electrons. The van der Waals surface area contributed by atoms with E-state index in [9.17, 15) is 15.0 Å². The maximum absolute atomic E-state index is 11.4. The van der Waals surface area contributed by atoms with Gasteiger partial charge in [-0.15, -0.1) is 0 Å². The summed E-state index contributed by atoms with van der Waals surface area (Å²) in [4.78, 5) is 11.4. The highest BCUT2D eigenvalue weighted by Crippen LogP contribution is 2.12. The highest BCUT2D eigenvalue weighted by molar-refractivity contribution is 5.73. The van der Waals surface area contributed by atoms with Gasteiger partial charge >= 0.3 is 5.97 Å². The van der Waals surface area contributed by atoms with Crippen molar-refractivity contribution in [3.63, 3.8) is 0 Å². The molecule has 1 aromatic carbocycles. The van der Waals surface area contributed by atoms with Crippen molar-refractivity contribution in [2.45, 2.75) is 83.6 Å². The molecule has 142 valence electrons. The van der Waals surface area contributed by atoms with Gasteiger partial charge < -0.3 is 15.5 Å². The SMILES string of the molecule is CCCCCCCCCCCCNC(Cc1ccc(O)cc1)C(=O)O. The minimum absolute atomic E-state index is 0.203. The summed E-state index contributed by atoms with van der Waals surface area (Å²) < 4.78 is 0. The summed E-state index contributed by atoms with van der Waals surface area (Å²) >= 11 is 0. The first kappa shape index (κ1) is 21.5. The van der Waals surface area contributed by atoms with Gasteiger partial charge in [0.2, 0.25) is 0 Å². The second kappa shape index (κ2) is 13.7. The zero-order chi connectivity index (χ0) is 18.3. The molecule has 0 fully saturated rings. The van der Waals surface area contributed by atoms with Crippen LogP contribution in [0.1, 0.15) is 76.7 Å². The molecule has 0 aliphatic rings. The summed E-state index contributed by atoms with van der Waals surface area (Å²) in [5.74, 6) is -0.617. The highest BCUT2D eigenvalue weighted by atomic mass is 16.4. The molecule has 1 rings (SSSR count). The van der Waals surface area contributed by atoms with Gasteiger partial charge in [-0.25, -0.2) is 0 Å². The average molecular weight is 350 g/mol. The maximum Gasteiger partial charge on any atom is 0.321 e. The van der Waals surface area contributed by atoms with E-state index in [4.69, 9.17) is 0 Å². The van der Waals surface area contributed by atoms with E-state index in [0.717, 1.165) is 24.9 Å². The van der Waals surface area contributed by atoms with Crippen molar-refractivity contribution in [2.75, 3.05) is 6.54 Å². The molecule has 1 unspecified atom stereocenters. The van der Waals surface area contributed by atoms with Crippen LogP contribution in [0.5, 0.6) is 5.75 Å². The van der Waals surface area contributed by atoms with Gasteiger partial charge in [0.15, 0.2) is 0 Å². The lowest BCUT2D eigenvalue weighted by atomic mass is 10.0. The lowest BCUT2D eigenvalue weighted by Crippen LogP contribution is -2.39. The van der Waals surface area contributed by atoms with E-state index in [1.54, 1.807) is 24.3 Å². The van der Waals surface area contributed by atoms with Gasteiger partial charge in [-0.2, -0.15) is 0 Å². The predicted octanol–water partition coefficient (Wildman–Crippen LogP) is 4.90. The van der Waals surface area contributed by atoms with E-state index < -0.39 is 12.0 Å². The Morgan fingerprint density at radius 1 is 0.920 bits per heavy atom. The molecular formula is C21H35NO3. The number of phenolic OH excluding ortho intramolecular Hbond substituents is 1. The van der Waals surface area contributed by atoms with Crippen LogP contribution in [0.2, 0.25) is 0 Å². The van der Waals surface area contributed by atoms with Gasteiger partial charge in [-0.05, 0) is 37.1 Å². The fraction of sp³-hybridized carbons (Fsp3) is 0.667. The van der Waals surface area contributed by atoms with Crippen molar-refractivity contribution < 1.29 is 15.0 Å². The van der Waals surface area contributed by atoms with Crippen LogP contribution in [0.4, 0.5) is 0 Å². The number of hydrogen-bond donors (Lipinski definition) is 3. The number of unbranched alkanes of at least 4 members (excludes halogenated alkanes) is 9. The third-order valence-corrected chi connectivity index (χ3v) is 4.60. The van der Waals surface area contributed by atoms with Crippen LogP contribution in [0, 0.1) is 0 Å². The molecule has 0 heterocycles. The van der Waals surface area contributed by atoms with Crippen LogP contribution in [0.25, 0.3) is 0 Å². The Hall–Kier alpha value is -1.55. The van der Waals surface area contributed by atoms with Crippen LogP contribution >= 0.6 is 0 Å². The van der Waals surface area contributed by atoms with Crippen LogP contribution in [0.15, 0.2) is 24.3 Å². The molecule has 25 heavy (non-hydrogen) atoms. The maximum atomic E-state index is 11.4. The zero-order valence-electron chi connectivity index (χ0n) is 15.7. The van der Waals surface area contributed by atoms with Crippen molar-refractivity contribution in [1.29, 1.82) is 0 Å². The van der Waals surface area contributed by atoms with E-state index in [1.807, 2.05) is 0 Å². The van der Waals surface area contributed by atoms with Crippen molar-refractivity contribution >= 4 is 5.97 Å². The van der Waals surface area contributed by atoms with Crippen LogP contribution < -0.4 is 5.32 Å². The Kier molecular flexibility index (Phi) is 11.8. The van der Waals surface area contributed by atoms with Gasteiger partial charge in [0.25, 0.3) is 0 Å². The standard InChI is InChI=1S/C21H35NO3/c1-2-3-4-5-6-7-8-9-10-11-16-22-20(21(24)25)17-18-12-14-19(23)15-13-18/h12-15,20,22-23H,2-11,16-17H2,1H3,(H,24,25). The van der Waals surface area contributed by atoms with Crippen LogP contribution in [-0.2, 0) is 11.2 Å². The Labute approximate surface area is 152 Å². The molecule has 0 aliphatic heterocycles. The summed E-state index contributed by atoms with van der Waals surface area (Å²) in [6, 6.07) is 6.16. The average Bonchev–Trinajstić information content (AvgIpc) is 2.60. The number of aromatic hydroxyl groups is 1. The number of hydrogen-bond acceptors (Lipinski definition) is 3. The molecule has 0 saturated carbocycles. The first-order valence-electron chi connectivity index (χ1n) is 9.87. The number of phenols is 1. The fourth-order valence-corrected chi connectivity index (χ4v) is 3.00. The number of nitrogens with one attached hydrogen (secondary N) is 1. The van der Waals surface area contributed by atoms with Gasteiger partial charge in [-0.1, -0.05) is 76.8 Å². The molecule has 1 aromatic rings. The first-order chi connectivity index (χ1) is 12.1. The van der Waals surface area contributed by atoms with Gasteiger partial charge in [0.05, 0.1) is 0 Å². The van der Waals surface area contributed by atoms with E-state index in [-0.39, 0.29) is 5.75 Å². The van der Waals surface area contributed by atoms with E-state index in [1.165, 1.54) is 51.4 Å². The number of carboxylic acids is 1. The number of carboxylic acid groups (broad SMARTS) is 1.